The van der Waals surface area contributed by atoms with Gasteiger partial charge in [-0.05, 0) is 49.9 Å². The summed E-state index contributed by atoms with van der Waals surface area (Å²) < 4.78 is 5.36. The Hall–Kier alpha value is -1.02. The third-order valence-electron chi connectivity index (χ3n) is 2.59. The van der Waals surface area contributed by atoms with E-state index in [-0.39, 0.29) is 0 Å². The van der Waals surface area contributed by atoms with Crippen molar-refractivity contribution in [3.8, 4) is 5.75 Å². The summed E-state index contributed by atoms with van der Waals surface area (Å²) in [5.41, 5.74) is 8.01. The molecule has 0 saturated carbocycles. The quantitative estimate of drug-likeness (QED) is 0.728. The van der Waals surface area contributed by atoms with Crippen molar-refractivity contribution in [3.63, 3.8) is 0 Å². The average Bonchev–Trinajstić information content (AvgIpc) is 2.26. The molecule has 0 aromatic heterocycles. The molecule has 0 spiro atoms. The maximum Gasteiger partial charge on any atom is 0.122 e. The number of aryl methyl sites for hydroxylation is 2. The molecule has 0 unspecified atom stereocenters. The van der Waals surface area contributed by atoms with Gasteiger partial charge in [0.15, 0.2) is 0 Å². The molecule has 1 aromatic rings. The Bertz CT molecular complexity index is 297. The number of unbranched alkanes of at least 4 members (excludes halogenated alkanes) is 2. The molecular weight excluding hydrogens is 186 g/mol. The molecule has 0 saturated heterocycles. The lowest BCUT2D eigenvalue weighted by Gasteiger charge is -2.09. The van der Waals surface area contributed by atoms with E-state index in [4.69, 9.17) is 10.5 Å². The molecule has 15 heavy (non-hydrogen) atoms. The number of nitrogens with two attached hydrogens (primary N) is 1. The summed E-state index contributed by atoms with van der Waals surface area (Å²) in [4.78, 5) is 0. The van der Waals surface area contributed by atoms with Crippen LogP contribution in [0.25, 0.3) is 0 Å². The Morgan fingerprint density at radius 2 is 2.00 bits per heavy atom. The van der Waals surface area contributed by atoms with Crippen LogP contribution in [-0.4, -0.2) is 13.7 Å². The van der Waals surface area contributed by atoms with Gasteiger partial charge >= 0.3 is 0 Å². The number of ether oxygens (including phenoxy) is 1. The van der Waals surface area contributed by atoms with Gasteiger partial charge in [-0.3, -0.25) is 0 Å². The highest BCUT2D eigenvalue weighted by atomic mass is 16.5. The fourth-order valence-corrected chi connectivity index (χ4v) is 1.69. The molecule has 2 heteroatoms. The lowest BCUT2D eigenvalue weighted by atomic mass is 10.0. The highest BCUT2D eigenvalue weighted by Crippen LogP contribution is 2.21. The van der Waals surface area contributed by atoms with Crippen LogP contribution >= 0.6 is 0 Å². The van der Waals surface area contributed by atoms with E-state index in [0.29, 0.717) is 0 Å². The molecule has 0 fully saturated rings. The molecule has 2 nitrogen and oxygen atoms in total. The molecule has 0 amide bonds. The van der Waals surface area contributed by atoms with Crippen molar-refractivity contribution in [1.82, 2.24) is 0 Å². The fraction of sp³-hybridized carbons (Fsp3) is 0.538. The van der Waals surface area contributed by atoms with Gasteiger partial charge < -0.3 is 10.5 Å². The lowest BCUT2D eigenvalue weighted by Crippen LogP contribution is -1.99. The first-order valence-electron chi connectivity index (χ1n) is 5.61. The Kier molecular flexibility index (Phi) is 5.19. The van der Waals surface area contributed by atoms with Gasteiger partial charge in [0.25, 0.3) is 0 Å². The lowest BCUT2D eigenvalue weighted by molar-refractivity contribution is 0.408. The van der Waals surface area contributed by atoms with Gasteiger partial charge in [-0.2, -0.15) is 0 Å². The third kappa shape index (κ3) is 3.92. The van der Waals surface area contributed by atoms with E-state index >= 15 is 0 Å². The predicted octanol–water partition coefficient (Wildman–Crippen LogP) is 2.68. The van der Waals surface area contributed by atoms with Crippen LogP contribution in [0.1, 0.15) is 30.4 Å². The van der Waals surface area contributed by atoms with Gasteiger partial charge in [-0.15, -0.1) is 0 Å². The summed E-state index contributed by atoms with van der Waals surface area (Å²) in [6.07, 6.45) is 4.60. The first-order chi connectivity index (χ1) is 7.27. The van der Waals surface area contributed by atoms with E-state index in [0.717, 1.165) is 25.1 Å². The molecule has 0 heterocycles. The molecule has 0 aliphatic heterocycles. The molecule has 0 radical (unpaired) electrons. The molecule has 0 atom stereocenters. The molecule has 1 aromatic carbocycles. The van der Waals surface area contributed by atoms with Crippen LogP contribution in [0.4, 0.5) is 0 Å². The molecule has 84 valence electrons. The summed E-state index contributed by atoms with van der Waals surface area (Å²) in [5.74, 6) is 1.02. The maximum atomic E-state index is 5.46. The zero-order chi connectivity index (χ0) is 11.1. The van der Waals surface area contributed by atoms with E-state index in [1.165, 1.54) is 24.0 Å². The van der Waals surface area contributed by atoms with Crippen LogP contribution in [0.2, 0.25) is 0 Å². The summed E-state index contributed by atoms with van der Waals surface area (Å²) in [6, 6.07) is 6.40. The Morgan fingerprint density at radius 1 is 1.20 bits per heavy atom. The van der Waals surface area contributed by atoms with Crippen LogP contribution in [0.3, 0.4) is 0 Å². The molecule has 2 N–H and O–H groups in total. The van der Waals surface area contributed by atoms with Gasteiger partial charge in [-0.1, -0.05) is 18.6 Å². The number of hydrogen-bond donors (Lipinski definition) is 1. The van der Waals surface area contributed by atoms with Gasteiger partial charge in [0.2, 0.25) is 0 Å². The van der Waals surface area contributed by atoms with Crippen molar-refractivity contribution < 1.29 is 4.74 Å². The standard InChI is InChI=1S/C13H21NO/c1-11-7-8-12(13(10-11)15-2)6-4-3-5-9-14/h7-8,10H,3-6,9,14H2,1-2H3. The first-order valence-corrected chi connectivity index (χ1v) is 5.61. The summed E-state index contributed by atoms with van der Waals surface area (Å²) in [7, 11) is 1.73. The van der Waals surface area contributed by atoms with Crippen molar-refractivity contribution in [2.75, 3.05) is 13.7 Å². The van der Waals surface area contributed by atoms with E-state index in [1.807, 2.05) is 0 Å². The highest BCUT2D eigenvalue weighted by Gasteiger charge is 2.02. The van der Waals surface area contributed by atoms with Crippen LogP contribution in [0.5, 0.6) is 5.75 Å². The molecule has 0 aliphatic rings. The van der Waals surface area contributed by atoms with Crippen molar-refractivity contribution in [2.45, 2.75) is 32.6 Å². The second kappa shape index (κ2) is 6.46. The van der Waals surface area contributed by atoms with Gasteiger partial charge in [-0.25, -0.2) is 0 Å². The molecule has 0 bridgehead atoms. The Labute approximate surface area is 92.4 Å². The summed E-state index contributed by atoms with van der Waals surface area (Å²) in [5, 5.41) is 0. The maximum absolute atomic E-state index is 5.46. The smallest absolute Gasteiger partial charge is 0.122 e. The van der Waals surface area contributed by atoms with Crippen molar-refractivity contribution in [3.05, 3.63) is 29.3 Å². The Morgan fingerprint density at radius 3 is 2.67 bits per heavy atom. The predicted molar refractivity (Wildman–Crippen MR) is 64.3 cm³/mol. The van der Waals surface area contributed by atoms with Crippen molar-refractivity contribution in [2.24, 2.45) is 5.73 Å². The minimum Gasteiger partial charge on any atom is -0.496 e. The Balaban J connectivity index is 2.52. The summed E-state index contributed by atoms with van der Waals surface area (Å²) in [6.45, 7) is 2.88. The topological polar surface area (TPSA) is 35.2 Å². The van der Waals surface area contributed by atoms with E-state index in [9.17, 15) is 0 Å². The van der Waals surface area contributed by atoms with Crippen molar-refractivity contribution in [1.29, 1.82) is 0 Å². The largest absolute Gasteiger partial charge is 0.496 e. The van der Waals surface area contributed by atoms with E-state index < -0.39 is 0 Å². The van der Waals surface area contributed by atoms with Gasteiger partial charge in [0.05, 0.1) is 7.11 Å². The number of benzene rings is 1. The second-order valence-electron chi connectivity index (χ2n) is 3.91. The van der Waals surface area contributed by atoms with Crippen LogP contribution in [-0.2, 0) is 6.42 Å². The second-order valence-corrected chi connectivity index (χ2v) is 3.91. The number of hydrogen-bond acceptors (Lipinski definition) is 2. The molecule has 0 aliphatic carbocycles. The van der Waals surface area contributed by atoms with Crippen molar-refractivity contribution >= 4 is 0 Å². The van der Waals surface area contributed by atoms with Crippen LogP contribution in [0, 0.1) is 6.92 Å². The normalized spacial score (nSPS) is 10.3. The fourth-order valence-electron chi connectivity index (χ4n) is 1.69. The average molecular weight is 207 g/mol. The number of methoxy groups -OCH3 is 1. The van der Waals surface area contributed by atoms with Gasteiger partial charge in [0, 0.05) is 0 Å². The third-order valence-corrected chi connectivity index (χ3v) is 2.59. The SMILES string of the molecule is COc1cc(C)ccc1CCCCCN. The zero-order valence-electron chi connectivity index (χ0n) is 9.75. The van der Waals surface area contributed by atoms with E-state index in [1.54, 1.807) is 7.11 Å². The summed E-state index contributed by atoms with van der Waals surface area (Å²) >= 11 is 0. The monoisotopic (exact) mass is 207 g/mol. The highest BCUT2D eigenvalue weighted by molar-refractivity contribution is 5.37. The zero-order valence-corrected chi connectivity index (χ0v) is 9.75. The van der Waals surface area contributed by atoms with Crippen LogP contribution < -0.4 is 10.5 Å². The van der Waals surface area contributed by atoms with E-state index in [2.05, 4.69) is 25.1 Å². The van der Waals surface area contributed by atoms with Gasteiger partial charge in [0.1, 0.15) is 5.75 Å². The molecular formula is C13H21NO. The first kappa shape index (κ1) is 12.1. The molecule has 1 rings (SSSR count). The van der Waals surface area contributed by atoms with Crippen LogP contribution in [0.15, 0.2) is 18.2 Å². The minimum absolute atomic E-state index is 0.797. The minimum atomic E-state index is 0.797. The number of rotatable bonds is 6.